The van der Waals surface area contributed by atoms with Gasteiger partial charge in [-0.05, 0) is 25.0 Å². The molecule has 1 aromatic carbocycles. The van der Waals surface area contributed by atoms with E-state index in [0.717, 1.165) is 56.2 Å². The van der Waals surface area contributed by atoms with Crippen molar-refractivity contribution in [1.82, 2.24) is 4.90 Å². The number of nitrogens with zero attached hydrogens (tertiary/aromatic N) is 2. The van der Waals surface area contributed by atoms with Crippen molar-refractivity contribution in [3.63, 3.8) is 0 Å². The van der Waals surface area contributed by atoms with Crippen LogP contribution in [0.3, 0.4) is 0 Å². The summed E-state index contributed by atoms with van der Waals surface area (Å²) in [6.45, 7) is 3.18. The van der Waals surface area contributed by atoms with Gasteiger partial charge in [0.1, 0.15) is 0 Å². The van der Waals surface area contributed by atoms with Crippen LogP contribution in [0.4, 0.5) is 5.69 Å². The van der Waals surface area contributed by atoms with E-state index in [9.17, 15) is 4.79 Å². The largest absolute Gasteiger partial charge is 0.367 e. The molecule has 1 amide bonds. The quantitative estimate of drug-likeness (QED) is 0.910. The molecule has 114 valence electrons. The summed E-state index contributed by atoms with van der Waals surface area (Å²) in [7, 11) is 0. The fraction of sp³-hybridized carbons (Fsp3) is 0.562. The minimum Gasteiger partial charge on any atom is -0.367 e. The normalized spacial score (nSPS) is 26.2. The summed E-state index contributed by atoms with van der Waals surface area (Å²) in [5.41, 5.74) is 7.11. The van der Waals surface area contributed by atoms with Crippen molar-refractivity contribution in [3.05, 3.63) is 29.3 Å². The zero-order valence-electron chi connectivity index (χ0n) is 12.2. The van der Waals surface area contributed by atoms with Gasteiger partial charge in [0, 0.05) is 32.2 Å². The summed E-state index contributed by atoms with van der Waals surface area (Å²) in [6, 6.07) is 7.93. The molecule has 0 aromatic heterocycles. The van der Waals surface area contributed by atoms with E-state index >= 15 is 0 Å². The van der Waals surface area contributed by atoms with Crippen molar-refractivity contribution >= 4 is 23.2 Å². The Morgan fingerprint density at radius 1 is 1.14 bits per heavy atom. The Hall–Kier alpha value is -1.26. The molecule has 3 rings (SSSR count). The topological polar surface area (TPSA) is 49.6 Å². The van der Waals surface area contributed by atoms with Crippen LogP contribution in [0.5, 0.6) is 0 Å². The monoisotopic (exact) mass is 307 g/mol. The first-order valence-electron chi connectivity index (χ1n) is 7.70. The number of carbonyl (C=O) groups excluding carboxylic acids is 1. The molecule has 1 aliphatic heterocycles. The molecule has 1 saturated heterocycles. The van der Waals surface area contributed by atoms with Crippen LogP contribution in [-0.4, -0.2) is 43.0 Å². The molecule has 1 aromatic rings. The molecule has 5 heteroatoms. The third kappa shape index (κ3) is 3.01. The highest BCUT2D eigenvalue weighted by Crippen LogP contribution is 2.28. The molecular formula is C16H22ClN3O. The zero-order chi connectivity index (χ0) is 14.8. The minimum atomic E-state index is 0.0388. The van der Waals surface area contributed by atoms with Crippen LogP contribution in [0.15, 0.2) is 24.3 Å². The number of hydrogen-bond donors (Lipinski definition) is 1. The standard InChI is InChI=1S/C16H22ClN3O/c17-13-5-1-2-7-15(13)19-8-10-20(11-9-19)16(21)12-4-3-6-14(12)18/h1-2,5,7,12,14H,3-4,6,8-11,18H2. The van der Waals surface area contributed by atoms with Gasteiger partial charge in [-0.1, -0.05) is 30.2 Å². The van der Waals surface area contributed by atoms with Crippen molar-refractivity contribution in [2.75, 3.05) is 31.1 Å². The lowest BCUT2D eigenvalue weighted by molar-refractivity contribution is -0.136. The number of nitrogens with two attached hydrogens (primary N) is 1. The molecule has 2 fully saturated rings. The fourth-order valence-electron chi connectivity index (χ4n) is 3.41. The van der Waals surface area contributed by atoms with Crippen LogP contribution < -0.4 is 10.6 Å². The van der Waals surface area contributed by atoms with Gasteiger partial charge in [0.2, 0.25) is 5.91 Å². The second-order valence-electron chi connectivity index (χ2n) is 5.96. The predicted molar refractivity (Wildman–Crippen MR) is 85.6 cm³/mol. The van der Waals surface area contributed by atoms with Crippen LogP contribution in [0.2, 0.25) is 5.02 Å². The van der Waals surface area contributed by atoms with E-state index in [4.69, 9.17) is 17.3 Å². The Bertz CT molecular complexity index is 514. The molecule has 2 atom stereocenters. The molecule has 0 radical (unpaired) electrons. The summed E-state index contributed by atoms with van der Waals surface area (Å²) < 4.78 is 0. The average molecular weight is 308 g/mol. The number of para-hydroxylation sites is 1. The smallest absolute Gasteiger partial charge is 0.227 e. The Balaban J connectivity index is 1.60. The van der Waals surface area contributed by atoms with Crippen molar-refractivity contribution in [3.8, 4) is 0 Å². The highest BCUT2D eigenvalue weighted by atomic mass is 35.5. The number of hydrogen-bond acceptors (Lipinski definition) is 3. The van der Waals surface area contributed by atoms with E-state index in [1.54, 1.807) is 0 Å². The summed E-state index contributed by atoms with van der Waals surface area (Å²) >= 11 is 6.24. The van der Waals surface area contributed by atoms with Crippen LogP contribution in [0, 0.1) is 5.92 Å². The molecule has 2 unspecified atom stereocenters. The zero-order valence-corrected chi connectivity index (χ0v) is 12.9. The third-order valence-electron chi connectivity index (χ3n) is 4.67. The van der Waals surface area contributed by atoms with Gasteiger partial charge in [-0.2, -0.15) is 0 Å². The molecule has 4 nitrogen and oxygen atoms in total. The van der Waals surface area contributed by atoms with Crippen LogP contribution >= 0.6 is 11.6 Å². The molecule has 21 heavy (non-hydrogen) atoms. The minimum absolute atomic E-state index is 0.0388. The first-order valence-corrected chi connectivity index (χ1v) is 8.08. The first-order chi connectivity index (χ1) is 10.2. The van der Waals surface area contributed by atoms with E-state index < -0.39 is 0 Å². The fourth-order valence-corrected chi connectivity index (χ4v) is 3.66. The molecule has 0 spiro atoms. The third-order valence-corrected chi connectivity index (χ3v) is 4.99. The maximum atomic E-state index is 12.5. The highest BCUT2D eigenvalue weighted by Gasteiger charge is 2.34. The van der Waals surface area contributed by atoms with E-state index in [2.05, 4.69) is 4.90 Å². The van der Waals surface area contributed by atoms with Crippen LogP contribution in [-0.2, 0) is 4.79 Å². The summed E-state index contributed by atoms with van der Waals surface area (Å²) in [4.78, 5) is 16.7. The molecule has 2 N–H and O–H groups in total. The lowest BCUT2D eigenvalue weighted by Crippen LogP contribution is -2.52. The molecule has 1 heterocycles. The second kappa shape index (κ2) is 6.24. The van der Waals surface area contributed by atoms with Gasteiger partial charge in [0.05, 0.1) is 16.6 Å². The van der Waals surface area contributed by atoms with Gasteiger partial charge < -0.3 is 15.5 Å². The van der Waals surface area contributed by atoms with Gasteiger partial charge >= 0.3 is 0 Å². The lowest BCUT2D eigenvalue weighted by Gasteiger charge is -2.38. The van der Waals surface area contributed by atoms with E-state index in [-0.39, 0.29) is 17.9 Å². The molecule has 1 aliphatic carbocycles. The van der Waals surface area contributed by atoms with Crippen molar-refractivity contribution in [2.45, 2.75) is 25.3 Å². The number of piperazine rings is 1. The Morgan fingerprint density at radius 3 is 2.48 bits per heavy atom. The maximum Gasteiger partial charge on any atom is 0.227 e. The summed E-state index contributed by atoms with van der Waals surface area (Å²) in [6.07, 6.45) is 3.01. The molecule has 0 bridgehead atoms. The average Bonchev–Trinajstić information content (AvgIpc) is 2.93. The highest BCUT2D eigenvalue weighted by molar-refractivity contribution is 6.33. The molecule has 1 saturated carbocycles. The second-order valence-corrected chi connectivity index (χ2v) is 6.37. The maximum absolute atomic E-state index is 12.5. The SMILES string of the molecule is NC1CCCC1C(=O)N1CCN(c2ccccc2Cl)CC1. The summed E-state index contributed by atoms with van der Waals surface area (Å²) in [5.74, 6) is 0.288. The van der Waals surface area contributed by atoms with Crippen molar-refractivity contribution in [2.24, 2.45) is 11.7 Å². The Labute approximate surface area is 130 Å². The first kappa shape index (κ1) is 14.7. The van der Waals surface area contributed by atoms with E-state index in [1.165, 1.54) is 0 Å². The van der Waals surface area contributed by atoms with Gasteiger partial charge in [0.15, 0.2) is 0 Å². The van der Waals surface area contributed by atoms with Crippen LogP contribution in [0.25, 0.3) is 0 Å². The molecule has 2 aliphatic rings. The number of benzene rings is 1. The van der Waals surface area contributed by atoms with Gasteiger partial charge in [-0.25, -0.2) is 0 Å². The van der Waals surface area contributed by atoms with Gasteiger partial charge in [0.25, 0.3) is 0 Å². The number of carbonyl (C=O) groups is 1. The van der Waals surface area contributed by atoms with E-state index in [0.29, 0.717) is 0 Å². The number of amides is 1. The van der Waals surface area contributed by atoms with Crippen molar-refractivity contribution < 1.29 is 4.79 Å². The van der Waals surface area contributed by atoms with Gasteiger partial charge in [-0.3, -0.25) is 4.79 Å². The van der Waals surface area contributed by atoms with Crippen molar-refractivity contribution in [1.29, 1.82) is 0 Å². The Morgan fingerprint density at radius 2 is 1.86 bits per heavy atom. The van der Waals surface area contributed by atoms with Gasteiger partial charge in [-0.15, -0.1) is 0 Å². The number of anilines is 1. The van der Waals surface area contributed by atoms with Crippen LogP contribution in [0.1, 0.15) is 19.3 Å². The predicted octanol–water partition coefficient (Wildman–Crippen LogP) is 2.12. The van der Waals surface area contributed by atoms with E-state index in [1.807, 2.05) is 29.2 Å². The Kier molecular flexibility index (Phi) is 4.36. The number of rotatable bonds is 2. The lowest BCUT2D eigenvalue weighted by atomic mass is 10.0. The summed E-state index contributed by atoms with van der Waals surface area (Å²) in [5, 5.41) is 0.773. The molecular weight excluding hydrogens is 286 g/mol. The number of halogens is 1.